The summed E-state index contributed by atoms with van der Waals surface area (Å²) >= 11 is 0. The minimum atomic E-state index is 0.334. The molecule has 0 amide bonds. The molecule has 1 N–H and O–H groups in total. The molecule has 1 aliphatic heterocycles. The number of anilines is 1. The lowest BCUT2D eigenvalue weighted by Gasteiger charge is -2.06. The Morgan fingerprint density at radius 3 is 2.94 bits per heavy atom. The van der Waals surface area contributed by atoms with Gasteiger partial charge in [0.15, 0.2) is 11.5 Å². The number of hydrogen-bond donors (Lipinski definition) is 1. The van der Waals surface area contributed by atoms with E-state index in [0.29, 0.717) is 6.79 Å². The van der Waals surface area contributed by atoms with Crippen LogP contribution in [0.5, 0.6) is 11.5 Å². The molecule has 1 aromatic carbocycles. The maximum absolute atomic E-state index is 5.33. The van der Waals surface area contributed by atoms with Crippen molar-refractivity contribution in [2.24, 2.45) is 0 Å². The van der Waals surface area contributed by atoms with Crippen LogP contribution in [-0.4, -0.2) is 13.3 Å². The van der Waals surface area contributed by atoms with Gasteiger partial charge in [-0.25, -0.2) is 0 Å². The second-order valence-electron chi connectivity index (χ2n) is 4.13. The summed E-state index contributed by atoms with van der Waals surface area (Å²) in [4.78, 5) is 0. The Morgan fingerprint density at radius 2 is 2.06 bits per heavy atom. The van der Waals surface area contributed by atoms with Gasteiger partial charge in [-0.05, 0) is 31.4 Å². The van der Waals surface area contributed by atoms with Gasteiger partial charge in [-0.1, -0.05) is 12.5 Å². The van der Waals surface area contributed by atoms with Gasteiger partial charge in [0.2, 0.25) is 6.79 Å². The maximum Gasteiger partial charge on any atom is 0.231 e. The summed E-state index contributed by atoms with van der Waals surface area (Å²) < 4.78 is 10.6. The van der Waals surface area contributed by atoms with Crippen LogP contribution in [0.3, 0.4) is 0 Å². The fourth-order valence-electron chi connectivity index (χ4n) is 1.83. The van der Waals surface area contributed by atoms with Gasteiger partial charge in [0.1, 0.15) is 0 Å². The SMILES string of the molecule is C=CCCCCCNc1ccc2c(c1)OCO2. The first-order valence-electron chi connectivity index (χ1n) is 6.14. The van der Waals surface area contributed by atoms with Crippen LogP contribution in [-0.2, 0) is 0 Å². The predicted molar refractivity (Wildman–Crippen MR) is 69.7 cm³/mol. The van der Waals surface area contributed by atoms with E-state index in [4.69, 9.17) is 9.47 Å². The fourth-order valence-corrected chi connectivity index (χ4v) is 1.83. The zero-order chi connectivity index (χ0) is 11.9. The first kappa shape index (κ1) is 11.8. The average Bonchev–Trinajstić information content (AvgIpc) is 2.81. The van der Waals surface area contributed by atoms with E-state index in [9.17, 15) is 0 Å². The Labute approximate surface area is 102 Å². The van der Waals surface area contributed by atoms with Gasteiger partial charge in [-0.15, -0.1) is 6.58 Å². The molecule has 0 saturated carbocycles. The van der Waals surface area contributed by atoms with Crippen molar-refractivity contribution < 1.29 is 9.47 Å². The summed E-state index contributed by atoms with van der Waals surface area (Å²) in [6, 6.07) is 5.96. The molecule has 0 saturated heterocycles. The van der Waals surface area contributed by atoms with Crippen LogP contribution in [0.15, 0.2) is 30.9 Å². The van der Waals surface area contributed by atoms with Crippen molar-refractivity contribution in [1.29, 1.82) is 0 Å². The molecule has 1 aliphatic rings. The third-order valence-electron chi connectivity index (χ3n) is 2.79. The molecular weight excluding hydrogens is 214 g/mol. The van der Waals surface area contributed by atoms with Gasteiger partial charge in [0, 0.05) is 18.3 Å². The number of nitrogens with one attached hydrogen (secondary N) is 1. The van der Waals surface area contributed by atoms with E-state index >= 15 is 0 Å². The van der Waals surface area contributed by atoms with Gasteiger partial charge in [0.05, 0.1) is 0 Å². The lowest BCUT2D eigenvalue weighted by atomic mass is 10.2. The zero-order valence-electron chi connectivity index (χ0n) is 10.1. The second kappa shape index (κ2) is 6.18. The van der Waals surface area contributed by atoms with Gasteiger partial charge in [-0.3, -0.25) is 0 Å². The van der Waals surface area contributed by atoms with E-state index in [1.165, 1.54) is 19.3 Å². The molecule has 3 nitrogen and oxygen atoms in total. The lowest BCUT2D eigenvalue weighted by Crippen LogP contribution is -2.01. The summed E-state index contributed by atoms with van der Waals surface area (Å²) in [5.74, 6) is 1.67. The minimum absolute atomic E-state index is 0.334. The number of allylic oxidation sites excluding steroid dienone is 1. The summed E-state index contributed by atoms with van der Waals surface area (Å²) in [5, 5.41) is 3.39. The summed E-state index contributed by atoms with van der Waals surface area (Å²) in [6.45, 7) is 5.05. The fraction of sp³-hybridized carbons (Fsp3) is 0.429. The van der Waals surface area contributed by atoms with Crippen molar-refractivity contribution in [3.63, 3.8) is 0 Å². The van der Waals surface area contributed by atoms with Crippen LogP contribution in [0.1, 0.15) is 25.7 Å². The molecule has 0 radical (unpaired) electrons. The molecule has 17 heavy (non-hydrogen) atoms. The summed E-state index contributed by atoms with van der Waals surface area (Å²) in [5.41, 5.74) is 1.10. The third kappa shape index (κ3) is 3.41. The molecule has 0 aliphatic carbocycles. The Balaban J connectivity index is 1.70. The van der Waals surface area contributed by atoms with Crippen LogP contribution in [0.4, 0.5) is 5.69 Å². The molecule has 92 valence electrons. The van der Waals surface area contributed by atoms with Gasteiger partial charge < -0.3 is 14.8 Å². The van der Waals surface area contributed by atoms with Crippen LogP contribution < -0.4 is 14.8 Å². The molecule has 2 rings (SSSR count). The smallest absolute Gasteiger partial charge is 0.231 e. The van der Waals surface area contributed by atoms with Crippen LogP contribution in [0.25, 0.3) is 0 Å². The zero-order valence-corrected chi connectivity index (χ0v) is 10.1. The second-order valence-corrected chi connectivity index (χ2v) is 4.13. The molecule has 1 aromatic rings. The van der Waals surface area contributed by atoms with Crippen molar-refractivity contribution in [3.05, 3.63) is 30.9 Å². The van der Waals surface area contributed by atoms with Gasteiger partial charge >= 0.3 is 0 Å². The molecule has 0 fully saturated rings. The molecule has 0 atom stereocenters. The third-order valence-corrected chi connectivity index (χ3v) is 2.79. The van der Waals surface area contributed by atoms with E-state index in [2.05, 4.69) is 11.9 Å². The number of hydrogen-bond acceptors (Lipinski definition) is 3. The van der Waals surface area contributed by atoms with E-state index in [1.54, 1.807) is 0 Å². The van der Waals surface area contributed by atoms with Crippen molar-refractivity contribution in [2.45, 2.75) is 25.7 Å². The predicted octanol–water partition coefficient (Wildman–Crippen LogP) is 3.57. The highest BCUT2D eigenvalue weighted by Crippen LogP contribution is 2.34. The number of unbranched alkanes of at least 4 members (excludes halogenated alkanes) is 3. The normalized spacial score (nSPS) is 12.5. The molecule has 1 heterocycles. The van der Waals surface area contributed by atoms with Crippen molar-refractivity contribution >= 4 is 5.69 Å². The molecule has 0 aromatic heterocycles. The highest BCUT2D eigenvalue weighted by molar-refractivity contribution is 5.55. The Kier molecular flexibility index (Phi) is 4.30. The highest BCUT2D eigenvalue weighted by atomic mass is 16.7. The Hall–Kier alpha value is -1.64. The summed E-state index contributed by atoms with van der Waals surface area (Å²) in [6.07, 6.45) is 6.74. The van der Waals surface area contributed by atoms with Gasteiger partial charge in [0.25, 0.3) is 0 Å². The van der Waals surface area contributed by atoms with Crippen molar-refractivity contribution in [1.82, 2.24) is 0 Å². The average molecular weight is 233 g/mol. The number of rotatable bonds is 7. The maximum atomic E-state index is 5.33. The van der Waals surface area contributed by atoms with E-state index in [0.717, 1.165) is 30.2 Å². The van der Waals surface area contributed by atoms with E-state index in [1.807, 2.05) is 24.3 Å². The number of ether oxygens (including phenoxy) is 2. The largest absolute Gasteiger partial charge is 0.454 e. The Morgan fingerprint density at radius 1 is 1.18 bits per heavy atom. The minimum Gasteiger partial charge on any atom is -0.454 e. The van der Waals surface area contributed by atoms with Crippen LogP contribution in [0.2, 0.25) is 0 Å². The van der Waals surface area contributed by atoms with Crippen molar-refractivity contribution in [2.75, 3.05) is 18.7 Å². The summed E-state index contributed by atoms with van der Waals surface area (Å²) in [7, 11) is 0. The van der Waals surface area contributed by atoms with Crippen molar-refractivity contribution in [3.8, 4) is 11.5 Å². The molecule has 0 unspecified atom stereocenters. The molecule has 3 heteroatoms. The topological polar surface area (TPSA) is 30.5 Å². The van der Waals surface area contributed by atoms with Gasteiger partial charge in [-0.2, -0.15) is 0 Å². The first-order valence-corrected chi connectivity index (χ1v) is 6.14. The van der Waals surface area contributed by atoms with E-state index in [-0.39, 0.29) is 0 Å². The standard InChI is InChI=1S/C14H19NO2/c1-2-3-4-5-6-9-15-12-7-8-13-14(10-12)17-11-16-13/h2,7-8,10,15H,1,3-6,9,11H2. The highest BCUT2D eigenvalue weighted by Gasteiger charge is 2.12. The lowest BCUT2D eigenvalue weighted by molar-refractivity contribution is 0.174. The van der Waals surface area contributed by atoms with Crippen LogP contribution in [0, 0.1) is 0 Å². The molecule has 0 spiro atoms. The number of benzene rings is 1. The van der Waals surface area contributed by atoms with Crippen LogP contribution >= 0.6 is 0 Å². The molecular formula is C14H19NO2. The molecule has 0 bridgehead atoms. The quantitative estimate of drug-likeness (QED) is 0.577. The number of fused-ring (bicyclic) bond motifs is 1. The Bertz CT molecular complexity index is 376. The van der Waals surface area contributed by atoms with E-state index < -0.39 is 0 Å². The monoisotopic (exact) mass is 233 g/mol. The first-order chi connectivity index (χ1) is 8.40.